The van der Waals surface area contributed by atoms with E-state index in [1.165, 1.54) is 6.20 Å². The van der Waals surface area contributed by atoms with Gasteiger partial charge in [0.05, 0.1) is 18.8 Å². The molecule has 2 heterocycles. The lowest BCUT2D eigenvalue weighted by molar-refractivity contribution is 0.0383. The van der Waals surface area contributed by atoms with Crippen LogP contribution in [0.3, 0.4) is 0 Å². The number of benzene rings is 1. The molecule has 7 nitrogen and oxygen atoms in total. The van der Waals surface area contributed by atoms with Crippen LogP contribution in [0.1, 0.15) is 20.7 Å². The number of amides is 2. The predicted molar refractivity (Wildman–Crippen MR) is 98.2 cm³/mol. The molecule has 1 aromatic heterocycles. The molecule has 1 fully saturated rings. The molecule has 2 amide bonds. The summed E-state index contributed by atoms with van der Waals surface area (Å²) >= 11 is 0. The van der Waals surface area contributed by atoms with Gasteiger partial charge in [0.15, 0.2) is 0 Å². The summed E-state index contributed by atoms with van der Waals surface area (Å²) in [7, 11) is 0. The zero-order valence-electron chi connectivity index (χ0n) is 14.5. The molecule has 0 radical (unpaired) electrons. The zero-order chi connectivity index (χ0) is 18.2. The van der Waals surface area contributed by atoms with E-state index in [0.717, 1.165) is 32.8 Å². The van der Waals surface area contributed by atoms with E-state index in [0.29, 0.717) is 23.4 Å². The molecule has 26 heavy (non-hydrogen) atoms. The predicted octanol–water partition coefficient (Wildman–Crippen LogP) is 1.40. The first kappa shape index (κ1) is 18.0. The fourth-order valence-electron chi connectivity index (χ4n) is 2.69. The van der Waals surface area contributed by atoms with Crippen LogP contribution in [0.5, 0.6) is 0 Å². The Balaban J connectivity index is 1.52. The normalized spacial score (nSPS) is 14.6. The highest BCUT2D eigenvalue weighted by Crippen LogP contribution is 2.12. The van der Waals surface area contributed by atoms with Crippen molar-refractivity contribution in [1.29, 1.82) is 0 Å². The number of morpholine rings is 1. The summed E-state index contributed by atoms with van der Waals surface area (Å²) in [6, 6.07) is 10.3. The first-order valence-corrected chi connectivity index (χ1v) is 8.62. The molecular weight excluding hydrogens is 332 g/mol. The molecule has 136 valence electrons. The molecule has 0 atom stereocenters. The smallest absolute Gasteiger partial charge is 0.257 e. The average Bonchev–Trinajstić information content (AvgIpc) is 2.69. The molecule has 2 N–H and O–H groups in total. The van der Waals surface area contributed by atoms with Crippen LogP contribution in [0.25, 0.3) is 0 Å². The number of aromatic nitrogens is 1. The molecule has 7 heteroatoms. The number of hydrogen-bond donors (Lipinski definition) is 2. The second-order valence-corrected chi connectivity index (χ2v) is 5.99. The lowest BCUT2D eigenvalue weighted by atomic mass is 10.1. The number of rotatable bonds is 6. The molecule has 1 aliphatic heterocycles. The number of nitrogens with zero attached hydrogens (tertiary/aromatic N) is 2. The molecule has 0 bridgehead atoms. The van der Waals surface area contributed by atoms with Crippen molar-refractivity contribution >= 4 is 17.5 Å². The molecule has 1 aromatic carbocycles. The highest BCUT2D eigenvalue weighted by Gasteiger charge is 2.12. The fraction of sp³-hybridized carbons (Fsp3) is 0.316. The number of carbonyl (C=O) groups excluding carboxylic acids is 2. The van der Waals surface area contributed by atoms with Gasteiger partial charge < -0.3 is 15.4 Å². The SMILES string of the molecule is O=C(NCCN1CCOCC1)c1cccc(NC(=O)c2cccnc2)c1. The van der Waals surface area contributed by atoms with Crippen molar-refractivity contribution in [3.63, 3.8) is 0 Å². The Morgan fingerprint density at radius 2 is 1.88 bits per heavy atom. The lowest BCUT2D eigenvalue weighted by Crippen LogP contribution is -2.41. The molecular formula is C19H22N4O3. The first-order valence-electron chi connectivity index (χ1n) is 8.62. The minimum atomic E-state index is -0.261. The molecule has 1 saturated heterocycles. The number of anilines is 1. The van der Waals surface area contributed by atoms with Crippen molar-refractivity contribution in [1.82, 2.24) is 15.2 Å². The van der Waals surface area contributed by atoms with E-state index in [-0.39, 0.29) is 11.8 Å². The van der Waals surface area contributed by atoms with Crippen LogP contribution >= 0.6 is 0 Å². The van der Waals surface area contributed by atoms with Crippen LogP contribution < -0.4 is 10.6 Å². The first-order chi connectivity index (χ1) is 12.7. The Bertz CT molecular complexity index is 745. The van der Waals surface area contributed by atoms with E-state index in [2.05, 4.69) is 20.5 Å². The van der Waals surface area contributed by atoms with Gasteiger partial charge in [-0.15, -0.1) is 0 Å². The van der Waals surface area contributed by atoms with Crippen molar-refractivity contribution in [2.24, 2.45) is 0 Å². The van der Waals surface area contributed by atoms with Crippen LogP contribution in [0.2, 0.25) is 0 Å². The van der Waals surface area contributed by atoms with E-state index in [9.17, 15) is 9.59 Å². The summed E-state index contributed by atoms with van der Waals surface area (Å²) in [5.74, 6) is -0.418. The van der Waals surface area contributed by atoms with E-state index >= 15 is 0 Å². The Hall–Kier alpha value is -2.77. The number of nitrogens with one attached hydrogen (secondary N) is 2. The molecule has 0 aliphatic carbocycles. The van der Waals surface area contributed by atoms with Gasteiger partial charge in [0.25, 0.3) is 11.8 Å². The molecule has 0 saturated carbocycles. The summed E-state index contributed by atoms with van der Waals surface area (Å²) < 4.78 is 5.31. The van der Waals surface area contributed by atoms with Gasteiger partial charge in [-0.3, -0.25) is 19.5 Å². The lowest BCUT2D eigenvalue weighted by Gasteiger charge is -2.26. The van der Waals surface area contributed by atoms with Crippen LogP contribution in [0.15, 0.2) is 48.8 Å². The fourth-order valence-corrected chi connectivity index (χ4v) is 2.69. The van der Waals surface area contributed by atoms with E-state index in [1.54, 1.807) is 42.6 Å². The summed E-state index contributed by atoms with van der Waals surface area (Å²) in [6.07, 6.45) is 3.11. The number of pyridine rings is 1. The Morgan fingerprint density at radius 3 is 2.65 bits per heavy atom. The Kier molecular flexibility index (Phi) is 6.29. The third-order valence-corrected chi connectivity index (χ3v) is 4.12. The second-order valence-electron chi connectivity index (χ2n) is 5.99. The Labute approximate surface area is 152 Å². The summed E-state index contributed by atoms with van der Waals surface area (Å²) in [4.78, 5) is 30.7. The van der Waals surface area contributed by atoms with Crippen molar-refractivity contribution in [3.8, 4) is 0 Å². The Morgan fingerprint density at radius 1 is 1.08 bits per heavy atom. The van der Waals surface area contributed by atoms with Gasteiger partial charge in [0.2, 0.25) is 0 Å². The number of hydrogen-bond acceptors (Lipinski definition) is 5. The third kappa shape index (κ3) is 5.11. The van der Waals surface area contributed by atoms with E-state index in [4.69, 9.17) is 4.74 Å². The van der Waals surface area contributed by atoms with Gasteiger partial charge in [-0.05, 0) is 30.3 Å². The third-order valence-electron chi connectivity index (χ3n) is 4.12. The minimum absolute atomic E-state index is 0.157. The molecule has 0 unspecified atom stereocenters. The topological polar surface area (TPSA) is 83.6 Å². The molecule has 1 aliphatic rings. The van der Waals surface area contributed by atoms with Crippen LogP contribution in [-0.4, -0.2) is 61.1 Å². The summed E-state index contributed by atoms with van der Waals surface area (Å²) in [6.45, 7) is 4.65. The zero-order valence-corrected chi connectivity index (χ0v) is 14.5. The van der Waals surface area contributed by atoms with Crippen molar-refractivity contribution in [2.75, 3.05) is 44.7 Å². The summed E-state index contributed by atoms with van der Waals surface area (Å²) in [5.41, 5.74) is 1.54. The monoisotopic (exact) mass is 354 g/mol. The average molecular weight is 354 g/mol. The van der Waals surface area contributed by atoms with Crippen molar-refractivity contribution in [2.45, 2.75) is 0 Å². The maximum atomic E-state index is 12.3. The van der Waals surface area contributed by atoms with Gasteiger partial charge >= 0.3 is 0 Å². The second kappa shape index (κ2) is 9.07. The highest BCUT2D eigenvalue weighted by atomic mass is 16.5. The van der Waals surface area contributed by atoms with E-state index < -0.39 is 0 Å². The minimum Gasteiger partial charge on any atom is -0.379 e. The van der Waals surface area contributed by atoms with Crippen LogP contribution in [-0.2, 0) is 4.74 Å². The van der Waals surface area contributed by atoms with Crippen LogP contribution in [0.4, 0.5) is 5.69 Å². The van der Waals surface area contributed by atoms with Crippen LogP contribution in [0, 0.1) is 0 Å². The van der Waals surface area contributed by atoms with Gasteiger partial charge in [0.1, 0.15) is 0 Å². The van der Waals surface area contributed by atoms with Gasteiger partial charge in [0, 0.05) is 49.8 Å². The molecule has 0 spiro atoms. The van der Waals surface area contributed by atoms with Gasteiger partial charge in [-0.25, -0.2) is 0 Å². The quantitative estimate of drug-likeness (QED) is 0.819. The van der Waals surface area contributed by atoms with Crippen molar-refractivity contribution in [3.05, 3.63) is 59.9 Å². The van der Waals surface area contributed by atoms with E-state index in [1.807, 2.05) is 0 Å². The standard InChI is InChI=1S/C19H22N4O3/c24-18(21-7-8-23-9-11-26-12-10-23)15-3-1-5-17(13-15)22-19(25)16-4-2-6-20-14-16/h1-6,13-14H,7-12H2,(H,21,24)(H,22,25). The highest BCUT2D eigenvalue weighted by molar-refractivity contribution is 6.04. The maximum absolute atomic E-state index is 12.3. The maximum Gasteiger partial charge on any atom is 0.257 e. The van der Waals surface area contributed by atoms with Crippen molar-refractivity contribution < 1.29 is 14.3 Å². The number of carbonyl (C=O) groups is 2. The van der Waals surface area contributed by atoms with Gasteiger partial charge in [-0.2, -0.15) is 0 Å². The molecule has 3 rings (SSSR count). The van der Waals surface area contributed by atoms with Gasteiger partial charge in [-0.1, -0.05) is 6.07 Å². The molecule has 2 aromatic rings. The summed E-state index contributed by atoms with van der Waals surface area (Å²) in [5, 5.41) is 5.69. The largest absolute Gasteiger partial charge is 0.379 e. The number of ether oxygens (including phenoxy) is 1.